The van der Waals surface area contributed by atoms with Gasteiger partial charge in [-0.1, -0.05) is 12.1 Å². The summed E-state index contributed by atoms with van der Waals surface area (Å²) in [6, 6.07) is 12.6. The molecule has 6 rings (SSSR count). The zero-order valence-corrected chi connectivity index (χ0v) is 23.1. The molecule has 2 saturated heterocycles. The van der Waals surface area contributed by atoms with Crippen LogP contribution in [0, 0.1) is 23.6 Å². The summed E-state index contributed by atoms with van der Waals surface area (Å²) in [4.78, 5) is 30.2. The van der Waals surface area contributed by atoms with Crippen molar-refractivity contribution in [2.75, 3.05) is 31.5 Å². The number of fused-ring (bicyclic) bond motifs is 1. The molecular weight excluding hydrogens is 509 g/mol. The number of hydrogen-bond donors (Lipinski definition) is 1. The van der Waals surface area contributed by atoms with E-state index in [9.17, 15) is 14.0 Å². The van der Waals surface area contributed by atoms with Crippen molar-refractivity contribution in [2.45, 2.75) is 45.1 Å². The lowest BCUT2D eigenvalue weighted by Gasteiger charge is -2.39. The molecule has 0 spiro atoms. The number of carbonyl (C=O) groups excluding carboxylic acids is 2. The number of nitrogens with one attached hydrogen (secondary N) is 1. The SMILES string of the molecule is CC(=O)c1cc(NC(=O)N2CC3CCC(N4CCCC(Cc5ccc(F)cc5)C4)C3C2)cc(-c2nnnn2C)c1. The number of piperidine rings is 1. The first-order valence-electron chi connectivity index (χ1n) is 14.3. The van der Waals surface area contributed by atoms with Crippen molar-refractivity contribution in [3.63, 3.8) is 0 Å². The van der Waals surface area contributed by atoms with Crippen LogP contribution >= 0.6 is 0 Å². The highest BCUT2D eigenvalue weighted by molar-refractivity contribution is 5.98. The molecule has 40 heavy (non-hydrogen) atoms. The number of Topliss-reactive ketones (excluding diaryl/α,β-unsaturated/α-hetero) is 1. The van der Waals surface area contributed by atoms with Gasteiger partial charge in [-0.25, -0.2) is 13.9 Å². The third kappa shape index (κ3) is 5.50. The van der Waals surface area contributed by atoms with E-state index in [1.54, 1.807) is 31.3 Å². The lowest BCUT2D eigenvalue weighted by atomic mass is 9.88. The molecule has 1 N–H and O–H groups in total. The second-order valence-electron chi connectivity index (χ2n) is 11.7. The predicted octanol–water partition coefficient (Wildman–Crippen LogP) is 4.42. The maximum Gasteiger partial charge on any atom is 0.321 e. The molecule has 1 saturated carbocycles. The van der Waals surface area contributed by atoms with E-state index < -0.39 is 0 Å². The number of hydrogen-bond acceptors (Lipinski definition) is 6. The van der Waals surface area contributed by atoms with E-state index in [0.717, 1.165) is 39.0 Å². The van der Waals surface area contributed by atoms with Gasteiger partial charge in [0.25, 0.3) is 0 Å². The number of amides is 2. The van der Waals surface area contributed by atoms with Crippen LogP contribution in [0.1, 0.15) is 48.5 Å². The molecule has 10 heteroatoms. The highest BCUT2D eigenvalue weighted by Crippen LogP contribution is 2.42. The Morgan fingerprint density at radius 3 is 2.62 bits per heavy atom. The van der Waals surface area contributed by atoms with Gasteiger partial charge in [0.2, 0.25) is 0 Å². The first-order valence-corrected chi connectivity index (χ1v) is 14.3. The summed E-state index contributed by atoms with van der Waals surface area (Å²) in [5.74, 6) is 1.80. The van der Waals surface area contributed by atoms with Crippen molar-refractivity contribution in [1.29, 1.82) is 0 Å². The number of carbonyl (C=O) groups is 2. The molecule has 3 aliphatic rings. The molecule has 1 aromatic heterocycles. The third-order valence-corrected chi connectivity index (χ3v) is 9.03. The highest BCUT2D eigenvalue weighted by Gasteiger charge is 2.46. The summed E-state index contributed by atoms with van der Waals surface area (Å²) in [6.07, 6.45) is 5.69. The Balaban J connectivity index is 1.11. The van der Waals surface area contributed by atoms with Gasteiger partial charge >= 0.3 is 6.03 Å². The number of rotatable bonds is 6. The zero-order chi connectivity index (χ0) is 27.8. The van der Waals surface area contributed by atoms with E-state index >= 15 is 0 Å². The average molecular weight is 546 g/mol. The van der Waals surface area contributed by atoms with Gasteiger partial charge < -0.3 is 10.2 Å². The molecule has 210 valence electrons. The number of urea groups is 1. The predicted molar refractivity (Wildman–Crippen MR) is 149 cm³/mol. The number of nitrogens with zero attached hydrogens (tertiary/aromatic N) is 6. The fourth-order valence-corrected chi connectivity index (χ4v) is 7.08. The molecule has 4 atom stereocenters. The molecule has 3 aromatic rings. The smallest absolute Gasteiger partial charge is 0.321 e. The number of aromatic nitrogens is 4. The monoisotopic (exact) mass is 545 g/mol. The molecule has 2 aliphatic heterocycles. The normalized spacial score (nSPS) is 24.7. The van der Waals surface area contributed by atoms with Gasteiger partial charge in [0.05, 0.1) is 0 Å². The fraction of sp³-hybridized carbons (Fsp3) is 0.500. The van der Waals surface area contributed by atoms with Crippen LogP contribution in [0.25, 0.3) is 11.4 Å². The quantitative estimate of drug-likeness (QED) is 0.461. The Hall–Kier alpha value is -3.66. The molecule has 9 nitrogen and oxygen atoms in total. The molecule has 1 aliphatic carbocycles. The lowest BCUT2D eigenvalue weighted by molar-refractivity contribution is 0.0965. The summed E-state index contributed by atoms with van der Waals surface area (Å²) >= 11 is 0. The van der Waals surface area contributed by atoms with Crippen LogP contribution in [-0.4, -0.2) is 74.0 Å². The van der Waals surface area contributed by atoms with E-state index in [2.05, 4.69) is 25.7 Å². The standard InChI is InChI=1S/C30H36FN7O2/c1-19(39)23-13-24(29-33-34-35-36(29)2)15-26(14-23)32-30(40)38-17-22-7-10-28(27(22)18-38)37-11-3-4-21(16-37)12-20-5-8-25(31)9-6-20/h5-6,8-9,13-15,21-22,27-28H,3-4,7,10-12,16-18H2,1-2H3,(H,32,40). The maximum absolute atomic E-state index is 13.4. The maximum atomic E-state index is 13.4. The number of tetrazole rings is 1. The molecule has 0 radical (unpaired) electrons. The van der Waals surface area contributed by atoms with Gasteiger partial charge in [0, 0.05) is 49.5 Å². The Labute approximate surface area is 233 Å². The van der Waals surface area contributed by atoms with Gasteiger partial charge in [-0.05, 0) is 110 Å². The van der Waals surface area contributed by atoms with Gasteiger partial charge in [-0.2, -0.15) is 0 Å². The Bertz CT molecular complexity index is 1390. The van der Waals surface area contributed by atoms with Crippen LogP contribution in [0.5, 0.6) is 0 Å². The highest BCUT2D eigenvalue weighted by atomic mass is 19.1. The molecule has 3 fully saturated rings. The van der Waals surface area contributed by atoms with Crippen LogP contribution in [0.4, 0.5) is 14.9 Å². The van der Waals surface area contributed by atoms with E-state index in [1.807, 2.05) is 23.1 Å². The summed E-state index contributed by atoms with van der Waals surface area (Å²) in [5.41, 5.74) is 2.93. The summed E-state index contributed by atoms with van der Waals surface area (Å²) < 4.78 is 14.9. The third-order valence-electron chi connectivity index (χ3n) is 9.03. The Morgan fingerprint density at radius 1 is 1.05 bits per heavy atom. The van der Waals surface area contributed by atoms with Crippen molar-refractivity contribution in [1.82, 2.24) is 30.0 Å². The summed E-state index contributed by atoms with van der Waals surface area (Å²) in [6.45, 7) is 5.18. The van der Waals surface area contributed by atoms with Crippen molar-refractivity contribution in [3.8, 4) is 11.4 Å². The minimum Gasteiger partial charge on any atom is -0.324 e. The van der Waals surface area contributed by atoms with Crippen molar-refractivity contribution < 1.29 is 14.0 Å². The van der Waals surface area contributed by atoms with Gasteiger partial charge in [-0.15, -0.1) is 5.10 Å². The number of ketones is 1. The first-order chi connectivity index (χ1) is 19.3. The second-order valence-corrected chi connectivity index (χ2v) is 11.7. The van der Waals surface area contributed by atoms with E-state index in [0.29, 0.717) is 46.4 Å². The Morgan fingerprint density at radius 2 is 1.88 bits per heavy atom. The van der Waals surface area contributed by atoms with Crippen molar-refractivity contribution >= 4 is 17.5 Å². The van der Waals surface area contributed by atoms with E-state index in [4.69, 9.17) is 0 Å². The number of anilines is 1. The second kappa shape index (κ2) is 11.1. The van der Waals surface area contributed by atoms with Crippen LogP contribution in [-0.2, 0) is 13.5 Å². The van der Waals surface area contributed by atoms with Crippen LogP contribution in [0.2, 0.25) is 0 Å². The zero-order valence-electron chi connectivity index (χ0n) is 23.1. The van der Waals surface area contributed by atoms with Crippen molar-refractivity contribution in [2.24, 2.45) is 24.8 Å². The number of halogens is 1. The topological polar surface area (TPSA) is 96.2 Å². The van der Waals surface area contributed by atoms with Gasteiger partial charge in [0.1, 0.15) is 5.82 Å². The lowest BCUT2D eigenvalue weighted by Crippen LogP contribution is -2.46. The largest absolute Gasteiger partial charge is 0.324 e. The van der Waals surface area contributed by atoms with Crippen LogP contribution in [0.15, 0.2) is 42.5 Å². The van der Waals surface area contributed by atoms with Gasteiger partial charge in [0.15, 0.2) is 11.6 Å². The van der Waals surface area contributed by atoms with Crippen LogP contribution in [0.3, 0.4) is 0 Å². The van der Waals surface area contributed by atoms with Crippen molar-refractivity contribution in [3.05, 3.63) is 59.4 Å². The number of benzene rings is 2. The summed E-state index contributed by atoms with van der Waals surface area (Å²) in [7, 11) is 1.74. The fourth-order valence-electron chi connectivity index (χ4n) is 7.08. The molecule has 4 unspecified atom stereocenters. The molecule has 0 bridgehead atoms. The summed E-state index contributed by atoms with van der Waals surface area (Å²) in [5, 5.41) is 14.7. The molecule has 2 aromatic carbocycles. The van der Waals surface area contributed by atoms with Crippen LogP contribution < -0.4 is 5.32 Å². The van der Waals surface area contributed by atoms with E-state index in [-0.39, 0.29) is 17.6 Å². The Kier molecular flexibility index (Phi) is 7.35. The minimum atomic E-state index is -0.185. The number of aryl methyl sites for hydroxylation is 1. The average Bonchev–Trinajstić information content (AvgIpc) is 3.66. The number of likely N-dealkylation sites (tertiary alicyclic amines) is 2. The molecule has 2 amide bonds. The first kappa shape index (κ1) is 26.6. The van der Waals surface area contributed by atoms with Gasteiger partial charge in [-0.3, -0.25) is 9.69 Å². The molecular formula is C30H36FN7O2. The minimum absolute atomic E-state index is 0.0923. The van der Waals surface area contributed by atoms with E-state index in [1.165, 1.54) is 36.4 Å². The molecule has 3 heterocycles.